The molecule has 6 heteroatoms. The van der Waals surface area contributed by atoms with E-state index in [-0.39, 0.29) is 6.10 Å². The largest absolute Gasteiger partial charge is 0.374 e. The van der Waals surface area contributed by atoms with E-state index in [1.165, 1.54) is 41.9 Å². The van der Waals surface area contributed by atoms with Crippen molar-refractivity contribution in [1.82, 2.24) is 15.5 Å². The van der Waals surface area contributed by atoms with Crippen molar-refractivity contribution in [3.63, 3.8) is 0 Å². The van der Waals surface area contributed by atoms with E-state index in [9.17, 15) is 0 Å². The monoisotopic (exact) mass is 414 g/mol. The number of aliphatic imine (C=N–C) groups is 1. The van der Waals surface area contributed by atoms with Gasteiger partial charge in [0, 0.05) is 25.0 Å². The lowest BCUT2D eigenvalue weighted by Gasteiger charge is -2.27. The topological polar surface area (TPSA) is 48.9 Å². The van der Waals surface area contributed by atoms with Gasteiger partial charge in [0.2, 0.25) is 0 Å². The van der Waals surface area contributed by atoms with Crippen LogP contribution < -0.4 is 10.6 Å². The molecule has 1 aromatic heterocycles. The molecule has 2 aromatic rings. The van der Waals surface area contributed by atoms with Crippen LogP contribution in [0.4, 0.5) is 0 Å². The van der Waals surface area contributed by atoms with Crippen molar-refractivity contribution in [2.75, 3.05) is 26.7 Å². The first kappa shape index (κ1) is 21.8. The molecule has 5 nitrogen and oxygen atoms in total. The Bertz CT molecular complexity index is 754. The summed E-state index contributed by atoms with van der Waals surface area (Å²) in [5.41, 5.74) is 2.43. The first-order chi connectivity index (χ1) is 14.2. The maximum Gasteiger partial charge on any atom is 0.191 e. The molecule has 0 amide bonds. The van der Waals surface area contributed by atoms with E-state index in [1.807, 2.05) is 18.4 Å². The molecular formula is C23H34N4OS. The summed E-state index contributed by atoms with van der Waals surface area (Å²) in [6.07, 6.45) is 2.84. The van der Waals surface area contributed by atoms with E-state index in [4.69, 9.17) is 4.74 Å². The summed E-state index contributed by atoms with van der Waals surface area (Å²) in [6, 6.07) is 13.3. The number of thiophene rings is 1. The van der Waals surface area contributed by atoms with Gasteiger partial charge < -0.3 is 15.4 Å². The fourth-order valence-corrected chi connectivity index (χ4v) is 4.50. The van der Waals surface area contributed by atoms with Gasteiger partial charge in [0.1, 0.15) is 0 Å². The van der Waals surface area contributed by atoms with Crippen LogP contribution in [0.2, 0.25) is 0 Å². The Kier molecular flexibility index (Phi) is 8.52. The third kappa shape index (κ3) is 6.84. The minimum atomic E-state index is 0.242. The van der Waals surface area contributed by atoms with Gasteiger partial charge in [0.25, 0.3) is 0 Å². The zero-order valence-electron chi connectivity index (χ0n) is 17.9. The summed E-state index contributed by atoms with van der Waals surface area (Å²) < 4.78 is 5.72. The van der Waals surface area contributed by atoms with Gasteiger partial charge in [0.15, 0.2) is 5.96 Å². The summed E-state index contributed by atoms with van der Waals surface area (Å²) in [7, 11) is 1.83. The Labute approximate surface area is 179 Å². The Hall–Kier alpha value is -1.89. The van der Waals surface area contributed by atoms with Crippen molar-refractivity contribution in [2.45, 2.75) is 52.0 Å². The average molecular weight is 415 g/mol. The Morgan fingerprint density at radius 1 is 1.14 bits per heavy atom. The van der Waals surface area contributed by atoms with Gasteiger partial charge in [-0.3, -0.25) is 9.89 Å². The molecule has 158 valence electrons. The number of rotatable bonds is 9. The van der Waals surface area contributed by atoms with E-state index in [0.717, 1.165) is 19.0 Å². The second kappa shape index (κ2) is 11.3. The smallest absolute Gasteiger partial charge is 0.191 e. The first-order valence-corrected chi connectivity index (χ1v) is 11.4. The molecule has 1 atom stereocenters. The van der Waals surface area contributed by atoms with Crippen molar-refractivity contribution in [3.05, 3.63) is 57.8 Å². The molecule has 2 heterocycles. The SMILES string of the molecule is CN=C(NCc1cccc(COC(C)C)c1)NCC(c1cccs1)N1CCCC1. The number of benzene rings is 1. The molecule has 0 radical (unpaired) electrons. The average Bonchev–Trinajstić information content (AvgIpc) is 3.44. The molecule has 1 saturated heterocycles. The summed E-state index contributed by atoms with van der Waals surface area (Å²) in [4.78, 5) is 8.43. The quantitative estimate of drug-likeness (QED) is 0.477. The number of ether oxygens (including phenoxy) is 1. The van der Waals surface area contributed by atoms with Crippen molar-refractivity contribution in [1.29, 1.82) is 0 Å². The minimum absolute atomic E-state index is 0.242. The predicted octanol–water partition coefficient (Wildman–Crippen LogP) is 4.18. The lowest BCUT2D eigenvalue weighted by Crippen LogP contribution is -2.42. The fraction of sp³-hybridized carbons (Fsp3) is 0.522. The lowest BCUT2D eigenvalue weighted by atomic mass is 10.1. The van der Waals surface area contributed by atoms with Crippen LogP contribution in [0.25, 0.3) is 0 Å². The lowest BCUT2D eigenvalue weighted by molar-refractivity contribution is 0.0657. The second-order valence-electron chi connectivity index (χ2n) is 7.76. The standard InChI is InChI=1S/C23H34N4OS/c1-18(2)28-17-20-9-6-8-19(14-20)15-25-23(24-3)26-16-21(22-10-7-13-29-22)27-11-4-5-12-27/h6-10,13-14,18,21H,4-5,11-12,15-17H2,1-3H3,(H2,24,25,26). The van der Waals surface area contributed by atoms with E-state index in [2.05, 4.69) is 76.2 Å². The van der Waals surface area contributed by atoms with Crippen molar-refractivity contribution >= 4 is 17.3 Å². The van der Waals surface area contributed by atoms with Crippen LogP contribution in [-0.2, 0) is 17.9 Å². The number of likely N-dealkylation sites (tertiary alicyclic amines) is 1. The summed E-state index contributed by atoms with van der Waals surface area (Å²) in [5.74, 6) is 0.842. The summed E-state index contributed by atoms with van der Waals surface area (Å²) in [6.45, 7) is 8.74. The zero-order chi connectivity index (χ0) is 20.5. The molecule has 2 N–H and O–H groups in total. The van der Waals surface area contributed by atoms with Crippen LogP contribution in [0.1, 0.15) is 48.7 Å². The van der Waals surface area contributed by atoms with E-state index in [0.29, 0.717) is 12.6 Å². The highest BCUT2D eigenvalue weighted by Gasteiger charge is 2.24. The number of nitrogens with zero attached hydrogens (tertiary/aromatic N) is 2. The third-order valence-electron chi connectivity index (χ3n) is 5.17. The molecule has 1 aromatic carbocycles. The van der Waals surface area contributed by atoms with Crippen LogP contribution in [0, 0.1) is 0 Å². The number of nitrogens with one attached hydrogen (secondary N) is 2. The Morgan fingerprint density at radius 2 is 1.93 bits per heavy atom. The van der Waals surface area contributed by atoms with Gasteiger partial charge in [-0.15, -0.1) is 11.3 Å². The molecule has 1 fully saturated rings. The van der Waals surface area contributed by atoms with Gasteiger partial charge in [-0.05, 0) is 62.4 Å². The summed E-state index contributed by atoms with van der Waals surface area (Å²) in [5, 5.41) is 9.16. The van der Waals surface area contributed by atoms with Crippen molar-refractivity contribution in [3.8, 4) is 0 Å². The second-order valence-corrected chi connectivity index (χ2v) is 8.74. The molecule has 0 aliphatic carbocycles. The van der Waals surface area contributed by atoms with Crippen molar-refractivity contribution < 1.29 is 4.74 Å². The van der Waals surface area contributed by atoms with E-state index < -0.39 is 0 Å². The van der Waals surface area contributed by atoms with Crippen LogP contribution in [0.15, 0.2) is 46.8 Å². The number of guanidine groups is 1. The van der Waals surface area contributed by atoms with E-state index in [1.54, 1.807) is 0 Å². The zero-order valence-corrected chi connectivity index (χ0v) is 18.7. The third-order valence-corrected chi connectivity index (χ3v) is 6.15. The van der Waals surface area contributed by atoms with Crippen molar-refractivity contribution in [2.24, 2.45) is 4.99 Å². The van der Waals surface area contributed by atoms with Gasteiger partial charge >= 0.3 is 0 Å². The van der Waals surface area contributed by atoms with Gasteiger partial charge in [-0.2, -0.15) is 0 Å². The first-order valence-electron chi connectivity index (χ1n) is 10.6. The van der Waals surface area contributed by atoms with Crippen LogP contribution >= 0.6 is 11.3 Å². The molecule has 0 spiro atoms. The molecular weight excluding hydrogens is 380 g/mol. The number of hydrogen-bond donors (Lipinski definition) is 2. The van der Waals surface area contributed by atoms with E-state index >= 15 is 0 Å². The van der Waals surface area contributed by atoms with Crippen LogP contribution in [0.5, 0.6) is 0 Å². The molecule has 0 saturated carbocycles. The van der Waals surface area contributed by atoms with Gasteiger partial charge in [-0.1, -0.05) is 30.3 Å². The summed E-state index contributed by atoms with van der Waals surface area (Å²) >= 11 is 1.84. The molecule has 3 rings (SSSR count). The Balaban J connectivity index is 1.53. The molecule has 1 unspecified atom stereocenters. The highest BCUT2D eigenvalue weighted by molar-refractivity contribution is 7.10. The predicted molar refractivity (Wildman–Crippen MR) is 122 cm³/mol. The number of hydrogen-bond acceptors (Lipinski definition) is 4. The maximum absolute atomic E-state index is 5.72. The molecule has 1 aliphatic rings. The van der Waals surface area contributed by atoms with Gasteiger partial charge in [0.05, 0.1) is 18.8 Å². The van der Waals surface area contributed by atoms with Gasteiger partial charge in [-0.25, -0.2) is 0 Å². The molecule has 1 aliphatic heterocycles. The fourth-order valence-electron chi connectivity index (χ4n) is 3.64. The highest BCUT2D eigenvalue weighted by atomic mass is 32.1. The van der Waals surface area contributed by atoms with Crippen LogP contribution in [0.3, 0.4) is 0 Å². The normalized spacial score (nSPS) is 16.3. The maximum atomic E-state index is 5.72. The minimum Gasteiger partial charge on any atom is -0.374 e. The Morgan fingerprint density at radius 3 is 2.62 bits per heavy atom. The molecule has 29 heavy (non-hydrogen) atoms. The van der Waals surface area contributed by atoms with Crippen LogP contribution in [-0.4, -0.2) is 43.6 Å². The highest BCUT2D eigenvalue weighted by Crippen LogP contribution is 2.27. The molecule has 0 bridgehead atoms.